The molecule has 26 heavy (non-hydrogen) atoms. The van der Waals surface area contributed by atoms with Crippen LogP contribution in [0.15, 0.2) is 47.4 Å². The third-order valence-electron chi connectivity index (χ3n) is 3.87. The van der Waals surface area contributed by atoms with Gasteiger partial charge in [-0.05, 0) is 35.9 Å². The van der Waals surface area contributed by atoms with Crippen LogP contribution < -0.4 is 10.0 Å². The highest BCUT2D eigenvalue weighted by Gasteiger charge is 2.37. The van der Waals surface area contributed by atoms with Crippen molar-refractivity contribution in [3.8, 4) is 0 Å². The molecule has 0 atom stereocenters. The summed E-state index contributed by atoms with van der Waals surface area (Å²) in [4.78, 5) is 24.9. The highest BCUT2D eigenvalue weighted by atomic mass is 32.2. The Labute approximate surface area is 146 Å². The van der Waals surface area contributed by atoms with Crippen LogP contribution in [-0.2, 0) is 27.5 Å². The Morgan fingerprint density at radius 2 is 1.73 bits per heavy atom. The van der Waals surface area contributed by atoms with Crippen LogP contribution in [0.2, 0.25) is 0 Å². The van der Waals surface area contributed by atoms with Crippen LogP contribution >= 0.6 is 0 Å². The maximum atomic E-state index is 12.8. The van der Waals surface area contributed by atoms with Crippen LogP contribution in [0.25, 0.3) is 0 Å². The second kappa shape index (κ2) is 5.92. The van der Waals surface area contributed by atoms with E-state index in [0.29, 0.717) is 0 Å². The van der Waals surface area contributed by atoms with Gasteiger partial charge in [-0.3, -0.25) is 9.59 Å². The SMILES string of the molecule is NS(=O)(=O)c1ccc2c(c1)C(=O)C(=O)N2Cc1cccc(C(F)(F)F)c1. The summed E-state index contributed by atoms with van der Waals surface area (Å²) >= 11 is 0. The van der Waals surface area contributed by atoms with Crippen molar-refractivity contribution in [2.24, 2.45) is 5.14 Å². The molecule has 1 aliphatic heterocycles. The second-order valence-electron chi connectivity index (χ2n) is 5.64. The summed E-state index contributed by atoms with van der Waals surface area (Å²) in [6.07, 6.45) is -4.54. The number of carbonyl (C=O) groups excluding carboxylic acids is 2. The van der Waals surface area contributed by atoms with Crippen LogP contribution in [0.1, 0.15) is 21.5 Å². The van der Waals surface area contributed by atoms with E-state index in [-0.39, 0.29) is 28.3 Å². The number of benzene rings is 2. The van der Waals surface area contributed by atoms with Crippen LogP contribution in [-0.4, -0.2) is 20.1 Å². The Morgan fingerprint density at radius 1 is 1.04 bits per heavy atom. The predicted octanol–water partition coefficient (Wildman–Crippen LogP) is 2.08. The number of sulfonamides is 1. The van der Waals surface area contributed by atoms with Crippen molar-refractivity contribution in [2.45, 2.75) is 17.6 Å². The van der Waals surface area contributed by atoms with Crippen molar-refractivity contribution in [3.05, 3.63) is 59.2 Å². The van der Waals surface area contributed by atoms with E-state index in [1.807, 2.05) is 0 Å². The lowest BCUT2D eigenvalue weighted by molar-refractivity contribution is -0.137. The van der Waals surface area contributed by atoms with Crippen molar-refractivity contribution in [2.75, 3.05) is 4.90 Å². The molecule has 1 heterocycles. The number of rotatable bonds is 3. The van der Waals surface area contributed by atoms with Gasteiger partial charge >= 0.3 is 6.18 Å². The predicted molar refractivity (Wildman–Crippen MR) is 84.8 cm³/mol. The molecule has 0 aliphatic carbocycles. The molecule has 0 bridgehead atoms. The van der Waals surface area contributed by atoms with E-state index < -0.39 is 33.5 Å². The number of fused-ring (bicyclic) bond motifs is 1. The van der Waals surface area contributed by atoms with Gasteiger partial charge in [0.1, 0.15) is 0 Å². The number of alkyl halides is 3. The average molecular weight is 384 g/mol. The number of primary sulfonamides is 1. The first-order valence-electron chi connectivity index (χ1n) is 7.17. The molecule has 0 aromatic heterocycles. The van der Waals surface area contributed by atoms with Crippen LogP contribution in [0, 0.1) is 0 Å². The molecule has 0 radical (unpaired) electrons. The van der Waals surface area contributed by atoms with Gasteiger partial charge < -0.3 is 4.90 Å². The number of halogens is 3. The van der Waals surface area contributed by atoms with E-state index in [1.165, 1.54) is 18.2 Å². The molecule has 1 aliphatic rings. The molecule has 2 aromatic carbocycles. The van der Waals surface area contributed by atoms with E-state index in [2.05, 4.69) is 0 Å². The zero-order chi connectivity index (χ0) is 19.3. The van der Waals surface area contributed by atoms with E-state index in [0.717, 1.165) is 29.2 Å². The molecule has 136 valence electrons. The number of amides is 1. The summed E-state index contributed by atoms with van der Waals surface area (Å²) in [5.41, 5.74) is -0.750. The average Bonchev–Trinajstić information content (AvgIpc) is 2.78. The fraction of sp³-hybridized carbons (Fsp3) is 0.125. The summed E-state index contributed by atoms with van der Waals surface area (Å²) < 4.78 is 61.2. The van der Waals surface area contributed by atoms with Crippen molar-refractivity contribution >= 4 is 27.4 Å². The minimum absolute atomic E-state index is 0.116. The van der Waals surface area contributed by atoms with Crippen molar-refractivity contribution in [3.63, 3.8) is 0 Å². The Morgan fingerprint density at radius 3 is 2.35 bits per heavy atom. The quantitative estimate of drug-likeness (QED) is 0.820. The van der Waals surface area contributed by atoms with Gasteiger partial charge in [-0.2, -0.15) is 13.2 Å². The molecule has 6 nitrogen and oxygen atoms in total. The van der Waals surface area contributed by atoms with Crippen LogP contribution in [0.3, 0.4) is 0 Å². The normalized spacial score (nSPS) is 14.7. The lowest BCUT2D eigenvalue weighted by Crippen LogP contribution is -2.29. The molecule has 0 spiro atoms. The first-order chi connectivity index (χ1) is 12.0. The topological polar surface area (TPSA) is 97.5 Å². The van der Waals surface area contributed by atoms with Gasteiger partial charge in [-0.1, -0.05) is 12.1 Å². The summed E-state index contributed by atoms with van der Waals surface area (Å²) in [6.45, 7) is -0.268. The molecule has 1 amide bonds. The maximum Gasteiger partial charge on any atom is 0.416 e. The van der Waals surface area contributed by atoms with Gasteiger partial charge in [0.05, 0.1) is 28.3 Å². The minimum Gasteiger partial charge on any atom is -0.300 e. The number of hydrogen-bond acceptors (Lipinski definition) is 4. The van der Waals surface area contributed by atoms with E-state index in [1.54, 1.807) is 0 Å². The van der Waals surface area contributed by atoms with Crippen LogP contribution in [0.4, 0.5) is 18.9 Å². The summed E-state index contributed by atoms with van der Waals surface area (Å²) in [6, 6.07) is 7.71. The fourth-order valence-corrected chi connectivity index (χ4v) is 3.18. The second-order valence-corrected chi connectivity index (χ2v) is 7.20. The Hall–Kier alpha value is -2.72. The highest BCUT2D eigenvalue weighted by molar-refractivity contribution is 7.89. The smallest absolute Gasteiger partial charge is 0.300 e. The molecule has 3 rings (SSSR count). The maximum absolute atomic E-state index is 12.8. The van der Waals surface area contributed by atoms with Crippen molar-refractivity contribution in [1.29, 1.82) is 0 Å². The van der Waals surface area contributed by atoms with Gasteiger partial charge in [0.15, 0.2) is 0 Å². The van der Waals surface area contributed by atoms with Gasteiger partial charge in [-0.25, -0.2) is 13.6 Å². The zero-order valence-electron chi connectivity index (χ0n) is 12.9. The largest absolute Gasteiger partial charge is 0.416 e. The first kappa shape index (κ1) is 18.1. The van der Waals surface area contributed by atoms with Gasteiger partial charge in [-0.15, -0.1) is 0 Å². The number of nitrogens with zero attached hydrogens (tertiary/aromatic N) is 1. The third-order valence-corrected chi connectivity index (χ3v) is 4.78. The molecule has 0 fully saturated rings. The van der Waals surface area contributed by atoms with Crippen molar-refractivity contribution in [1.82, 2.24) is 0 Å². The number of carbonyl (C=O) groups is 2. The number of ketones is 1. The van der Waals surface area contributed by atoms with E-state index >= 15 is 0 Å². The monoisotopic (exact) mass is 384 g/mol. The lowest BCUT2D eigenvalue weighted by atomic mass is 10.1. The fourth-order valence-electron chi connectivity index (χ4n) is 2.64. The third kappa shape index (κ3) is 3.20. The summed E-state index contributed by atoms with van der Waals surface area (Å²) in [7, 11) is -4.07. The Balaban J connectivity index is 1.99. The molecule has 0 unspecified atom stereocenters. The number of Topliss-reactive ketones (excluding diaryl/α,β-unsaturated/α-hetero) is 1. The van der Waals surface area contributed by atoms with Crippen LogP contribution in [0.5, 0.6) is 0 Å². The van der Waals surface area contributed by atoms with E-state index in [9.17, 15) is 31.2 Å². The molecular formula is C16H11F3N2O4S. The van der Waals surface area contributed by atoms with Crippen molar-refractivity contribution < 1.29 is 31.2 Å². The molecular weight excluding hydrogens is 373 g/mol. The standard InChI is InChI=1S/C16H11F3N2O4S/c17-16(18,19)10-3-1-2-9(6-10)8-21-13-5-4-11(26(20,24)25)7-12(13)14(22)15(21)23/h1-7H,8H2,(H2,20,24,25). The number of anilines is 1. The first-order valence-corrected chi connectivity index (χ1v) is 8.72. The van der Waals surface area contributed by atoms with E-state index in [4.69, 9.17) is 5.14 Å². The Bertz CT molecular complexity index is 1030. The highest BCUT2D eigenvalue weighted by Crippen LogP contribution is 2.33. The lowest BCUT2D eigenvalue weighted by Gasteiger charge is -2.17. The summed E-state index contributed by atoms with van der Waals surface area (Å²) in [5.74, 6) is -1.90. The minimum atomic E-state index is -4.54. The number of hydrogen-bond donors (Lipinski definition) is 1. The molecule has 0 saturated heterocycles. The number of nitrogens with two attached hydrogens (primary N) is 1. The molecule has 2 N–H and O–H groups in total. The van der Waals surface area contributed by atoms with Gasteiger partial charge in [0.2, 0.25) is 10.0 Å². The van der Waals surface area contributed by atoms with Gasteiger partial charge in [0.25, 0.3) is 11.7 Å². The zero-order valence-corrected chi connectivity index (χ0v) is 13.8. The molecule has 0 saturated carbocycles. The Kier molecular flexibility index (Phi) is 4.12. The molecule has 10 heteroatoms. The summed E-state index contributed by atoms with van der Waals surface area (Å²) in [5, 5.41) is 5.00. The molecule has 2 aromatic rings. The van der Waals surface area contributed by atoms with Gasteiger partial charge in [0, 0.05) is 0 Å².